The zero-order chi connectivity index (χ0) is 23.3. The molecule has 0 bridgehead atoms. The number of esters is 1. The molecule has 1 aliphatic rings. The Labute approximate surface area is 190 Å². The van der Waals surface area contributed by atoms with Gasteiger partial charge in [0.25, 0.3) is 11.8 Å². The molecule has 9 heteroatoms. The molecule has 0 radical (unpaired) electrons. The number of Topliss-reactive ketones (excluding diaryl/α,β-unsaturated/α-hetero) is 1. The van der Waals surface area contributed by atoms with Gasteiger partial charge in [-0.2, -0.15) is 0 Å². The van der Waals surface area contributed by atoms with Crippen LogP contribution in [0.15, 0.2) is 42.5 Å². The van der Waals surface area contributed by atoms with E-state index in [0.717, 1.165) is 0 Å². The molecule has 2 N–H and O–H groups in total. The summed E-state index contributed by atoms with van der Waals surface area (Å²) in [6.07, 6.45) is 0.610. The molecule has 8 nitrogen and oxygen atoms in total. The van der Waals surface area contributed by atoms with Gasteiger partial charge in [-0.25, -0.2) is 4.79 Å². The van der Waals surface area contributed by atoms with Gasteiger partial charge in [-0.1, -0.05) is 31.9 Å². The quantitative estimate of drug-likeness (QED) is 0.464. The number of carbonyl (C=O) groups is 4. The van der Waals surface area contributed by atoms with Crippen LogP contribution in [0.2, 0.25) is 5.02 Å². The van der Waals surface area contributed by atoms with Crippen molar-refractivity contribution in [3.63, 3.8) is 0 Å². The van der Waals surface area contributed by atoms with E-state index >= 15 is 0 Å². The van der Waals surface area contributed by atoms with Gasteiger partial charge in [0.2, 0.25) is 0 Å². The number of anilines is 1. The number of hydrogen-bond donors (Lipinski definition) is 2. The average Bonchev–Trinajstić information content (AvgIpc) is 2.80. The standard InChI is InChI=1S/C23H23ClN2O6/c1-3-13(2)21(26-22(29)14-4-7-16(24)8-5-14)23(30)32-11-18(27)15-6-9-19-17(10-15)25-20(28)12-31-19/h4-10,13,21H,3,11-12H2,1-2H3,(H,25,28)(H,26,29)/t13-,21-/m1/s1. The molecule has 2 atom stereocenters. The van der Waals surface area contributed by atoms with Crippen molar-refractivity contribution in [1.29, 1.82) is 0 Å². The zero-order valence-corrected chi connectivity index (χ0v) is 18.4. The molecule has 0 saturated heterocycles. The number of ketones is 1. The SMILES string of the molecule is CC[C@@H](C)[C@@H](NC(=O)c1ccc(Cl)cc1)C(=O)OCC(=O)c1ccc2c(c1)NC(=O)CO2. The Morgan fingerprint density at radius 3 is 2.53 bits per heavy atom. The van der Waals surface area contributed by atoms with Crippen LogP contribution in [0.5, 0.6) is 5.75 Å². The lowest BCUT2D eigenvalue weighted by molar-refractivity contribution is -0.146. The monoisotopic (exact) mass is 458 g/mol. The van der Waals surface area contributed by atoms with Gasteiger partial charge in [-0.15, -0.1) is 0 Å². The summed E-state index contributed by atoms with van der Waals surface area (Å²) in [4.78, 5) is 49.2. The van der Waals surface area contributed by atoms with Gasteiger partial charge in [0, 0.05) is 16.1 Å². The molecule has 168 valence electrons. The van der Waals surface area contributed by atoms with Crippen LogP contribution in [0.1, 0.15) is 41.0 Å². The van der Waals surface area contributed by atoms with Crippen LogP contribution in [0.3, 0.4) is 0 Å². The van der Waals surface area contributed by atoms with E-state index in [1.54, 1.807) is 30.3 Å². The molecule has 0 unspecified atom stereocenters. The van der Waals surface area contributed by atoms with E-state index in [1.165, 1.54) is 12.1 Å². The summed E-state index contributed by atoms with van der Waals surface area (Å²) >= 11 is 5.85. The van der Waals surface area contributed by atoms with Gasteiger partial charge >= 0.3 is 5.97 Å². The van der Waals surface area contributed by atoms with Crippen LogP contribution in [-0.4, -0.2) is 42.8 Å². The van der Waals surface area contributed by atoms with Crippen molar-refractivity contribution in [3.05, 3.63) is 58.6 Å². The van der Waals surface area contributed by atoms with Gasteiger partial charge in [-0.3, -0.25) is 14.4 Å². The Kier molecular flexibility index (Phi) is 7.48. The highest BCUT2D eigenvalue weighted by atomic mass is 35.5. The molecule has 0 fully saturated rings. The maximum absolute atomic E-state index is 12.7. The maximum Gasteiger partial charge on any atom is 0.329 e. The molecule has 2 amide bonds. The van der Waals surface area contributed by atoms with Crippen LogP contribution in [-0.2, 0) is 14.3 Å². The van der Waals surface area contributed by atoms with Gasteiger partial charge in [0.1, 0.15) is 11.8 Å². The van der Waals surface area contributed by atoms with Crippen molar-refractivity contribution < 1.29 is 28.7 Å². The van der Waals surface area contributed by atoms with Crippen LogP contribution < -0.4 is 15.4 Å². The summed E-state index contributed by atoms with van der Waals surface area (Å²) in [6, 6.07) is 9.91. The molecule has 2 aromatic carbocycles. The first-order valence-electron chi connectivity index (χ1n) is 10.1. The first kappa shape index (κ1) is 23.3. The Morgan fingerprint density at radius 1 is 1.16 bits per heavy atom. The second-order valence-corrected chi connectivity index (χ2v) is 7.86. The van der Waals surface area contributed by atoms with E-state index < -0.39 is 30.3 Å². The fourth-order valence-corrected chi connectivity index (χ4v) is 3.19. The average molecular weight is 459 g/mol. The fourth-order valence-electron chi connectivity index (χ4n) is 3.06. The van der Waals surface area contributed by atoms with Crippen molar-refractivity contribution >= 4 is 40.9 Å². The molecule has 2 aromatic rings. The van der Waals surface area contributed by atoms with E-state index in [4.69, 9.17) is 21.1 Å². The number of hydrogen-bond acceptors (Lipinski definition) is 6. The molecular weight excluding hydrogens is 436 g/mol. The van der Waals surface area contributed by atoms with E-state index in [1.807, 2.05) is 13.8 Å². The maximum atomic E-state index is 12.7. The van der Waals surface area contributed by atoms with Crippen molar-refractivity contribution in [2.24, 2.45) is 5.92 Å². The second-order valence-electron chi connectivity index (χ2n) is 7.42. The van der Waals surface area contributed by atoms with Crippen LogP contribution in [0.4, 0.5) is 5.69 Å². The van der Waals surface area contributed by atoms with Crippen LogP contribution in [0.25, 0.3) is 0 Å². The van der Waals surface area contributed by atoms with Crippen molar-refractivity contribution in [1.82, 2.24) is 5.32 Å². The summed E-state index contributed by atoms with van der Waals surface area (Å²) in [6.45, 7) is 3.10. The van der Waals surface area contributed by atoms with Gasteiger partial charge in [0.05, 0.1) is 5.69 Å². The topological polar surface area (TPSA) is 111 Å². The van der Waals surface area contributed by atoms with Crippen molar-refractivity contribution in [3.8, 4) is 5.75 Å². The molecule has 1 heterocycles. The first-order chi connectivity index (χ1) is 15.3. The molecule has 3 rings (SSSR count). The first-order valence-corrected chi connectivity index (χ1v) is 10.5. The largest absolute Gasteiger partial charge is 0.482 e. The third-order valence-corrected chi connectivity index (χ3v) is 5.39. The molecule has 1 aliphatic heterocycles. The number of halogens is 1. The number of nitrogens with one attached hydrogen (secondary N) is 2. The molecular formula is C23H23ClN2O6. The van der Waals surface area contributed by atoms with E-state index in [9.17, 15) is 19.2 Å². The third-order valence-electron chi connectivity index (χ3n) is 5.14. The van der Waals surface area contributed by atoms with Crippen molar-refractivity contribution in [2.75, 3.05) is 18.5 Å². The van der Waals surface area contributed by atoms with Gasteiger partial charge in [0.15, 0.2) is 19.0 Å². The number of fused-ring (bicyclic) bond motifs is 1. The predicted octanol–water partition coefficient (Wildman–Crippen LogP) is 3.24. The number of carbonyl (C=O) groups excluding carboxylic acids is 4. The fraction of sp³-hybridized carbons (Fsp3) is 0.304. The Hall–Kier alpha value is -3.39. The zero-order valence-electron chi connectivity index (χ0n) is 17.6. The van der Waals surface area contributed by atoms with Crippen molar-refractivity contribution in [2.45, 2.75) is 26.3 Å². The minimum Gasteiger partial charge on any atom is -0.482 e. The number of ether oxygens (including phenoxy) is 2. The summed E-state index contributed by atoms with van der Waals surface area (Å²) in [5, 5.41) is 5.79. The minimum atomic E-state index is -0.924. The number of amides is 2. The highest BCUT2D eigenvalue weighted by Gasteiger charge is 2.28. The van der Waals surface area contributed by atoms with E-state index in [2.05, 4.69) is 10.6 Å². The van der Waals surface area contributed by atoms with Gasteiger partial charge in [-0.05, 0) is 48.4 Å². The highest BCUT2D eigenvalue weighted by molar-refractivity contribution is 6.30. The molecule has 32 heavy (non-hydrogen) atoms. The predicted molar refractivity (Wildman–Crippen MR) is 118 cm³/mol. The lowest BCUT2D eigenvalue weighted by Crippen LogP contribution is -2.46. The Balaban J connectivity index is 1.64. The Bertz CT molecular complexity index is 1040. The van der Waals surface area contributed by atoms with E-state index in [0.29, 0.717) is 28.4 Å². The second kappa shape index (κ2) is 10.3. The molecule has 0 aliphatic carbocycles. The Morgan fingerprint density at radius 2 is 1.84 bits per heavy atom. The molecule has 0 spiro atoms. The smallest absolute Gasteiger partial charge is 0.329 e. The van der Waals surface area contributed by atoms with Crippen LogP contribution in [0, 0.1) is 5.92 Å². The summed E-state index contributed by atoms with van der Waals surface area (Å²) in [5.74, 6) is -1.68. The minimum absolute atomic E-state index is 0.0867. The normalized spacial score (nSPS) is 14.3. The molecule has 0 saturated carbocycles. The summed E-state index contributed by atoms with van der Waals surface area (Å²) < 4.78 is 10.5. The third kappa shape index (κ3) is 5.64. The summed E-state index contributed by atoms with van der Waals surface area (Å²) in [7, 11) is 0. The van der Waals surface area contributed by atoms with Crippen LogP contribution >= 0.6 is 11.6 Å². The highest BCUT2D eigenvalue weighted by Crippen LogP contribution is 2.28. The lowest BCUT2D eigenvalue weighted by atomic mass is 9.98. The van der Waals surface area contributed by atoms with E-state index in [-0.39, 0.29) is 24.0 Å². The summed E-state index contributed by atoms with van der Waals surface area (Å²) in [5.41, 5.74) is 0.990. The lowest BCUT2D eigenvalue weighted by Gasteiger charge is -2.22. The molecule has 0 aromatic heterocycles. The number of benzene rings is 2. The number of rotatable bonds is 8. The van der Waals surface area contributed by atoms with Gasteiger partial charge < -0.3 is 20.1 Å².